The fraction of sp³-hybridized carbons (Fsp3) is 0.657. The van der Waals surface area contributed by atoms with Gasteiger partial charge in [0.05, 0.1) is 72.7 Å². The molecule has 0 amide bonds. The van der Waals surface area contributed by atoms with Crippen molar-refractivity contribution in [2.45, 2.75) is 18.9 Å². The second-order valence-corrected chi connectivity index (χ2v) is 12.1. The van der Waals surface area contributed by atoms with E-state index in [1.165, 1.54) is 11.1 Å². The highest BCUT2D eigenvalue weighted by Gasteiger charge is 2.35. The molecule has 2 aromatic carbocycles. The summed E-state index contributed by atoms with van der Waals surface area (Å²) in [5.41, 5.74) is 2.54. The van der Waals surface area contributed by atoms with Crippen LogP contribution in [0.4, 0.5) is 0 Å². The summed E-state index contributed by atoms with van der Waals surface area (Å²) in [6.45, 7) is 16.1. The molecule has 0 radical (unpaired) electrons. The number of benzene rings is 2. The second kappa shape index (κ2) is 19.4. The van der Waals surface area contributed by atoms with Gasteiger partial charge in [-0.1, -0.05) is 42.5 Å². The third-order valence-electron chi connectivity index (χ3n) is 8.88. The number of hydrogen-bond donors (Lipinski definition) is 1. The molecule has 0 bridgehead atoms. The minimum Gasteiger partial charge on any atom is -0.494 e. The van der Waals surface area contributed by atoms with Crippen molar-refractivity contribution in [1.82, 2.24) is 15.1 Å². The number of nitrogens with one attached hydrogen (secondary N) is 1. The number of hydrogen-bond acceptors (Lipinski definition) is 9. The molecule has 3 aliphatic rings. The highest BCUT2D eigenvalue weighted by molar-refractivity contribution is 5.31. The van der Waals surface area contributed by atoms with E-state index in [0.717, 1.165) is 117 Å². The van der Waals surface area contributed by atoms with E-state index in [2.05, 4.69) is 51.5 Å². The fourth-order valence-electron chi connectivity index (χ4n) is 6.37. The summed E-state index contributed by atoms with van der Waals surface area (Å²) < 4.78 is 35.4. The maximum atomic E-state index is 6.30. The molecule has 0 unspecified atom stereocenters. The number of morpholine rings is 2. The first-order valence-corrected chi connectivity index (χ1v) is 16.7. The predicted octanol–water partition coefficient (Wildman–Crippen LogP) is 3.29. The van der Waals surface area contributed by atoms with Crippen molar-refractivity contribution in [3.05, 3.63) is 65.7 Å². The van der Waals surface area contributed by atoms with Gasteiger partial charge in [0.1, 0.15) is 5.75 Å². The van der Waals surface area contributed by atoms with E-state index in [-0.39, 0.29) is 0 Å². The lowest BCUT2D eigenvalue weighted by atomic mass is 9.75. The molecule has 3 heterocycles. The normalized spacial score (nSPS) is 23.5. The van der Waals surface area contributed by atoms with E-state index in [1.54, 1.807) is 0 Å². The van der Waals surface area contributed by atoms with Crippen molar-refractivity contribution >= 4 is 0 Å². The van der Waals surface area contributed by atoms with Crippen LogP contribution >= 0.6 is 0 Å². The highest BCUT2D eigenvalue weighted by Crippen LogP contribution is 2.36. The van der Waals surface area contributed by atoms with Gasteiger partial charge in [-0.05, 0) is 29.2 Å². The SMILES string of the molecule is c1ccc(COCCCOc2ccc([C@H]3[C@@H](COCCN4CCOCC4)CNC[C@H]3COCCN3CCOCC3)cc2)cc1. The van der Waals surface area contributed by atoms with Crippen LogP contribution in [-0.2, 0) is 30.3 Å². The Labute approximate surface area is 264 Å². The van der Waals surface area contributed by atoms with Gasteiger partial charge in [0.25, 0.3) is 0 Å². The van der Waals surface area contributed by atoms with Gasteiger partial charge in [-0.15, -0.1) is 0 Å². The molecule has 0 aliphatic carbocycles. The van der Waals surface area contributed by atoms with Gasteiger partial charge in [-0.3, -0.25) is 9.80 Å². The van der Waals surface area contributed by atoms with E-state index in [1.807, 2.05) is 18.2 Å². The van der Waals surface area contributed by atoms with Crippen LogP contribution in [0.1, 0.15) is 23.5 Å². The average molecular weight is 612 g/mol. The van der Waals surface area contributed by atoms with Gasteiger partial charge in [-0.2, -0.15) is 0 Å². The maximum absolute atomic E-state index is 6.30. The Morgan fingerprint density at radius 3 is 1.84 bits per heavy atom. The van der Waals surface area contributed by atoms with E-state index in [9.17, 15) is 0 Å². The summed E-state index contributed by atoms with van der Waals surface area (Å²) in [5.74, 6) is 2.04. The van der Waals surface area contributed by atoms with E-state index in [0.29, 0.717) is 37.6 Å². The van der Waals surface area contributed by atoms with Gasteiger partial charge in [0.15, 0.2) is 0 Å². The molecule has 0 aromatic heterocycles. The van der Waals surface area contributed by atoms with Crippen molar-refractivity contribution < 1.29 is 28.4 Å². The Balaban J connectivity index is 1.10. The van der Waals surface area contributed by atoms with E-state index >= 15 is 0 Å². The number of ether oxygens (including phenoxy) is 6. The van der Waals surface area contributed by atoms with Gasteiger partial charge in [0, 0.05) is 70.6 Å². The molecule has 9 heteroatoms. The fourth-order valence-corrected chi connectivity index (χ4v) is 6.37. The van der Waals surface area contributed by atoms with Crippen LogP contribution in [0.25, 0.3) is 0 Å². The first-order chi connectivity index (χ1) is 21.8. The van der Waals surface area contributed by atoms with Gasteiger partial charge in [-0.25, -0.2) is 0 Å². The zero-order valence-corrected chi connectivity index (χ0v) is 26.4. The maximum Gasteiger partial charge on any atom is 0.119 e. The summed E-state index contributed by atoms with van der Waals surface area (Å²) in [4.78, 5) is 4.86. The van der Waals surface area contributed by atoms with Crippen LogP contribution in [-0.4, -0.2) is 128 Å². The monoisotopic (exact) mass is 611 g/mol. The average Bonchev–Trinajstić information content (AvgIpc) is 3.08. The van der Waals surface area contributed by atoms with Crippen molar-refractivity contribution in [2.24, 2.45) is 11.8 Å². The molecule has 44 heavy (non-hydrogen) atoms. The predicted molar refractivity (Wildman–Crippen MR) is 171 cm³/mol. The molecule has 3 aliphatic heterocycles. The number of piperidine rings is 1. The van der Waals surface area contributed by atoms with E-state index < -0.39 is 0 Å². The highest BCUT2D eigenvalue weighted by atomic mass is 16.5. The summed E-state index contributed by atoms with van der Waals surface area (Å²) in [5, 5.41) is 3.68. The molecular formula is C35H53N3O6. The Hall–Kier alpha value is -2.08. The largest absolute Gasteiger partial charge is 0.494 e. The Morgan fingerprint density at radius 1 is 0.659 bits per heavy atom. The smallest absolute Gasteiger partial charge is 0.119 e. The zero-order chi connectivity index (χ0) is 30.1. The van der Waals surface area contributed by atoms with Crippen molar-refractivity contribution in [1.29, 1.82) is 0 Å². The first-order valence-electron chi connectivity index (χ1n) is 16.7. The molecule has 244 valence electrons. The molecular weight excluding hydrogens is 558 g/mol. The van der Waals surface area contributed by atoms with Crippen molar-refractivity contribution in [3.8, 4) is 5.75 Å². The van der Waals surface area contributed by atoms with Crippen LogP contribution < -0.4 is 10.1 Å². The number of rotatable bonds is 18. The molecule has 1 N–H and O–H groups in total. The number of nitrogens with zero attached hydrogens (tertiary/aromatic N) is 2. The van der Waals surface area contributed by atoms with Gasteiger partial charge >= 0.3 is 0 Å². The standard InChI is InChI=1S/C35H53N3O6/c1-2-5-30(6-3-1)27-41-17-4-18-44-34-9-7-31(8-10-34)35-32(28-42-23-15-37-11-19-39-20-12-37)25-36-26-33(35)29-43-24-16-38-13-21-40-22-14-38/h1-3,5-10,32-33,35-36H,4,11-29H2/t32-,33+,35+. The summed E-state index contributed by atoms with van der Waals surface area (Å²) in [6.07, 6.45) is 0.858. The topological polar surface area (TPSA) is 73.9 Å². The zero-order valence-electron chi connectivity index (χ0n) is 26.4. The van der Waals surface area contributed by atoms with Crippen LogP contribution in [0.15, 0.2) is 54.6 Å². The summed E-state index contributed by atoms with van der Waals surface area (Å²) in [6, 6.07) is 19.0. The van der Waals surface area contributed by atoms with Crippen molar-refractivity contribution in [2.75, 3.05) is 118 Å². The molecule has 3 fully saturated rings. The molecule has 0 spiro atoms. The van der Waals surface area contributed by atoms with Crippen LogP contribution in [0.2, 0.25) is 0 Å². The molecule has 2 aromatic rings. The Bertz CT molecular complexity index is 983. The second-order valence-electron chi connectivity index (χ2n) is 12.1. The lowest BCUT2D eigenvalue weighted by molar-refractivity contribution is -0.00180. The molecule has 3 saturated heterocycles. The molecule has 9 nitrogen and oxygen atoms in total. The van der Waals surface area contributed by atoms with Gasteiger partial charge in [0.2, 0.25) is 0 Å². The van der Waals surface area contributed by atoms with Crippen molar-refractivity contribution in [3.63, 3.8) is 0 Å². The van der Waals surface area contributed by atoms with Crippen LogP contribution in [0.3, 0.4) is 0 Å². The van der Waals surface area contributed by atoms with Gasteiger partial charge < -0.3 is 33.7 Å². The first kappa shape index (κ1) is 33.3. The summed E-state index contributed by atoms with van der Waals surface area (Å²) in [7, 11) is 0. The third-order valence-corrected chi connectivity index (χ3v) is 8.88. The Morgan fingerprint density at radius 2 is 1.25 bits per heavy atom. The molecule has 3 atom stereocenters. The minimum atomic E-state index is 0.364. The molecule has 5 rings (SSSR count). The Kier molecular flexibility index (Phi) is 14.7. The van der Waals surface area contributed by atoms with Crippen LogP contribution in [0.5, 0.6) is 5.75 Å². The quantitative estimate of drug-likeness (QED) is 0.256. The minimum absolute atomic E-state index is 0.364. The van der Waals surface area contributed by atoms with Crippen LogP contribution in [0, 0.1) is 11.8 Å². The lowest BCUT2D eigenvalue weighted by Gasteiger charge is -2.39. The summed E-state index contributed by atoms with van der Waals surface area (Å²) >= 11 is 0. The lowest BCUT2D eigenvalue weighted by Crippen LogP contribution is -2.46. The third kappa shape index (κ3) is 11.4. The molecule has 0 saturated carbocycles. The van der Waals surface area contributed by atoms with E-state index in [4.69, 9.17) is 28.4 Å².